The predicted molar refractivity (Wildman–Crippen MR) is 104 cm³/mol. The molecule has 0 aromatic heterocycles. The van der Waals surface area contributed by atoms with Crippen molar-refractivity contribution in [1.82, 2.24) is 9.62 Å². The molecule has 5 nitrogen and oxygen atoms in total. The van der Waals surface area contributed by atoms with Gasteiger partial charge in [-0.15, -0.1) is 0 Å². The standard InChI is InChI=1S/C20H32N2O3S/c1-4-5-6-7-17(3)21-20(23)18-12-14-22(15-13-18)26(24,25)19-10-8-16(2)9-11-19/h8-11,17-18H,4-7,12-15H2,1-3H3,(H,21,23). The van der Waals surface area contributed by atoms with Gasteiger partial charge in [-0.25, -0.2) is 8.42 Å². The van der Waals surface area contributed by atoms with Crippen molar-refractivity contribution in [3.63, 3.8) is 0 Å². The van der Waals surface area contributed by atoms with E-state index in [0.29, 0.717) is 30.8 Å². The summed E-state index contributed by atoms with van der Waals surface area (Å²) in [5.74, 6) is -0.0190. The Morgan fingerprint density at radius 2 is 1.81 bits per heavy atom. The Labute approximate surface area is 158 Å². The highest BCUT2D eigenvalue weighted by Gasteiger charge is 2.32. The fourth-order valence-corrected chi connectivity index (χ4v) is 4.82. The zero-order chi connectivity index (χ0) is 19.2. The first-order valence-electron chi connectivity index (χ1n) is 9.71. The Kier molecular flexibility index (Phi) is 7.65. The van der Waals surface area contributed by atoms with Crippen LogP contribution in [-0.2, 0) is 14.8 Å². The first-order chi connectivity index (χ1) is 12.3. The third-order valence-corrected chi connectivity index (χ3v) is 7.03. The van der Waals surface area contributed by atoms with Crippen molar-refractivity contribution in [2.24, 2.45) is 5.92 Å². The number of carbonyl (C=O) groups is 1. The van der Waals surface area contributed by atoms with E-state index in [4.69, 9.17) is 0 Å². The van der Waals surface area contributed by atoms with Crippen LogP contribution in [0.3, 0.4) is 0 Å². The van der Waals surface area contributed by atoms with Crippen LogP contribution in [0.1, 0.15) is 57.9 Å². The monoisotopic (exact) mass is 380 g/mol. The number of rotatable bonds is 8. The number of nitrogens with zero attached hydrogens (tertiary/aromatic N) is 1. The van der Waals surface area contributed by atoms with Crippen molar-refractivity contribution in [3.8, 4) is 0 Å². The SMILES string of the molecule is CCCCCC(C)NC(=O)C1CCN(S(=O)(=O)c2ccc(C)cc2)CC1. The first kappa shape index (κ1) is 20.9. The molecule has 1 aliphatic rings. The molecule has 0 aliphatic carbocycles. The Morgan fingerprint density at radius 1 is 1.19 bits per heavy atom. The molecule has 1 N–H and O–H groups in total. The van der Waals surface area contributed by atoms with Crippen LogP contribution in [0.2, 0.25) is 0 Å². The fraction of sp³-hybridized carbons (Fsp3) is 0.650. The summed E-state index contributed by atoms with van der Waals surface area (Å²) in [6, 6.07) is 7.12. The molecule has 1 unspecified atom stereocenters. The van der Waals surface area contributed by atoms with Gasteiger partial charge in [-0.2, -0.15) is 4.31 Å². The molecule has 2 rings (SSSR count). The summed E-state index contributed by atoms with van der Waals surface area (Å²) in [5.41, 5.74) is 1.03. The van der Waals surface area contributed by atoms with Gasteiger partial charge in [-0.3, -0.25) is 4.79 Å². The second-order valence-electron chi connectivity index (χ2n) is 7.40. The van der Waals surface area contributed by atoms with E-state index >= 15 is 0 Å². The zero-order valence-electron chi connectivity index (χ0n) is 16.2. The van der Waals surface area contributed by atoms with Crippen LogP contribution in [0.4, 0.5) is 0 Å². The van der Waals surface area contributed by atoms with E-state index in [-0.39, 0.29) is 17.9 Å². The van der Waals surface area contributed by atoms with Crippen molar-refractivity contribution >= 4 is 15.9 Å². The van der Waals surface area contributed by atoms with E-state index in [2.05, 4.69) is 12.2 Å². The van der Waals surface area contributed by atoms with Crippen molar-refractivity contribution < 1.29 is 13.2 Å². The Hall–Kier alpha value is -1.40. The lowest BCUT2D eigenvalue weighted by atomic mass is 9.96. The third-order valence-electron chi connectivity index (χ3n) is 5.11. The number of piperidine rings is 1. The number of hydrogen-bond acceptors (Lipinski definition) is 3. The highest BCUT2D eigenvalue weighted by molar-refractivity contribution is 7.89. The second-order valence-corrected chi connectivity index (χ2v) is 9.33. The zero-order valence-corrected chi connectivity index (χ0v) is 17.0. The molecular weight excluding hydrogens is 348 g/mol. The molecule has 6 heteroatoms. The molecule has 26 heavy (non-hydrogen) atoms. The molecule has 1 aliphatic heterocycles. The van der Waals surface area contributed by atoms with Gasteiger partial charge in [0, 0.05) is 25.0 Å². The van der Waals surface area contributed by atoms with Crippen LogP contribution in [-0.4, -0.2) is 37.8 Å². The maximum absolute atomic E-state index is 12.7. The van der Waals surface area contributed by atoms with Gasteiger partial charge in [-0.1, -0.05) is 43.9 Å². The highest BCUT2D eigenvalue weighted by Crippen LogP contribution is 2.24. The van der Waals surface area contributed by atoms with Gasteiger partial charge in [0.05, 0.1) is 4.90 Å². The molecule has 1 aromatic carbocycles. The molecule has 0 bridgehead atoms. The Morgan fingerprint density at radius 3 is 2.38 bits per heavy atom. The van der Waals surface area contributed by atoms with Gasteiger partial charge in [-0.05, 0) is 45.2 Å². The largest absolute Gasteiger partial charge is 0.353 e. The lowest BCUT2D eigenvalue weighted by molar-refractivity contribution is -0.126. The lowest BCUT2D eigenvalue weighted by Gasteiger charge is -2.31. The first-order valence-corrected chi connectivity index (χ1v) is 11.2. The number of unbranched alkanes of at least 4 members (excludes halogenated alkanes) is 2. The number of aryl methyl sites for hydroxylation is 1. The van der Waals surface area contributed by atoms with E-state index in [1.165, 1.54) is 17.1 Å². The molecule has 0 radical (unpaired) electrons. The summed E-state index contributed by atoms with van der Waals surface area (Å²) >= 11 is 0. The quantitative estimate of drug-likeness (QED) is 0.702. The molecule has 0 saturated carbocycles. The normalized spacial score (nSPS) is 17.8. The molecule has 146 valence electrons. The van der Waals surface area contributed by atoms with Crippen molar-refractivity contribution in [2.45, 2.75) is 70.2 Å². The average molecular weight is 381 g/mol. The Balaban J connectivity index is 1.86. The van der Waals surface area contributed by atoms with E-state index < -0.39 is 10.0 Å². The minimum absolute atomic E-state index is 0.0707. The Bertz CT molecular complexity index is 678. The smallest absolute Gasteiger partial charge is 0.243 e. The van der Waals surface area contributed by atoms with Crippen LogP contribution < -0.4 is 5.32 Å². The topological polar surface area (TPSA) is 66.5 Å². The summed E-state index contributed by atoms with van der Waals surface area (Å²) < 4.78 is 27.0. The van der Waals surface area contributed by atoms with Crippen LogP contribution >= 0.6 is 0 Å². The fourth-order valence-electron chi connectivity index (χ4n) is 3.35. The van der Waals surface area contributed by atoms with E-state index in [1.54, 1.807) is 12.1 Å². The molecular formula is C20H32N2O3S. The molecule has 1 fully saturated rings. The lowest BCUT2D eigenvalue weighted by Crippen LogP contribution is -2.44. The van der Waals surface area contributed by atoms with E-state index in [9.17, 15) is 13.2 Å². The molecule has 1 saturated heterocycles. The van der Waals surface area contributed by atoms with Crippen molar-refractivity contribution in [3.05, 3.63) is 29.8 Å². The summed E-state index contributed by atoms with van der Waals surface area (Å²) in [6.45, 7) is 6.95. The van der Waals surface area contributed by atoms with Crippen LogP contribution in [0.15, 0.2) is 29.2 Å². The minimum Gasteiger partial charge on any atom is -0.353 e. The van der Waals surface area contributed by atoms with Gasteiger partial charge in [0.25, 0.3) is 0 Å². The van der Waals surface area contributed by atoms with Crippen LogP contribution in [0, 0.1) is 12.8 Å². The van der Waals surface area contributed by atoms with Gasteiger partial charge >= 0.3 is 0 Å². The molecule has 1 aromatic rings. The number of benzene rings is 1. The average Bonchev–Trinajstić information content (AvgIpc) is 2.62. The molecule has 1 amide bonds. The van der Waals surface area contributed by atoms with Gasteiger partial charge in [0.15, 0.2) is 0 Å². The highest BCUT2D eigenvalue weighted by atomic mass is 32.2. The number of sulfonamides is 1. The summed E-state index contributed by atoms with van der Waals surface area (Å²) in [6.07, 6.45) is 5.66. The number of amides is 1. The summed E-state index contributed by atoms with van der Waals surface area (Å²) in [4.78, 5) is 12.8. The molecule has 0 spiro atoms. The minimum atomic E-state index is -3.46. The number of nitrogens with one attached hydrogen (secondary N) is 1. The molecule has 1 atom stereocenters. The van der Waals surface area contributed by atoms with E-state index in [0.717, 1.165) is 18.4 Å². The number of carbonyl (C=O) groups excluding carboxylic acids is 1. The second kappa shape index (κ2) is 9.51. The van der Waals surface area contributed by atoms with Crippen LogP contribution in [0.5, 0.6) is 0 Å². The maximum Gasteiger partial charge on any atom is 0.243 e. The van der Waals surface area contributed by atoms with Crippen LogP contribution in [0.25, 0.3) is 0 Å². The summed E-state index contributed by atoms with van der Waals surface area (Å²) in [7, 11) is -3.46. The third kappa shape index (κ3) is 5.55. The number of hydrogen-bond donors (Lipinski definition) is 1. The van der Waals surface area contributed by atoms with E-state index in [1.807, 2.05) is 26.0 Å². The predicted octanol–water partition coefficient (Wildman–Crippen LogP) is 3.48. The van der Waals surface area contributed by atoms with Gasteiger partial charge < -0.3 is 5.32 Å². The summed E-state index contributed by atoms with van der Waals surface area (Å²) in [5, 5.41) is 3.09. The molecule has 1 heterocycles. The van der Waals surface area contributed by atoms with Gasteiger partial charge in [0.1, 0.15) is 0 Å². The van der Waals surface area contributed by atoms with Gasteiger partial charge in [0.2, 0.25) is 15.9 Å². The maximum atomic E-state index is 12.7. The van der Waals surface area contributed by atoms with Crippen molar-refractivity contribution in [2.75, 3.05) is 13.1 Å². The van der Waals surface area contributed by atoms with Crippen molar-refractivity contribution in [1.29, 1.82) is 0 Å².